The van der Waals surface area contributed by atoms with Crippen LogP contribution in [0.25, 0.3) is 16.9 Å². The Morgan fingerprint density at radius 1 is 1.19 bits per heavy atom. The van der Waals surface area contributed by atoms with Crippen LogP contribution in [0.4, 0.5) is 0 Å². The molecule has 21 heavy (non-hydrogen) atoms. The van der Waals surface area contributed by atoms with Crippen LogP contribution in [-0.4, -0.2) is 16.2 Å². The van der Waals surface area contributed by atoms with Crippen LogP contribution >= 0.6 is 0 Å². The Morgan fingerprint density at radius 2 is 2.05 bits per heavy atom. The largest absolute Gasteiger partial charge is 0.454 e. The molecule has 106 valence electrons. The van der Waals surface area contributed by atoms with Crippen LogP contribution < -0.4 is 15.2 Å². The maximum atomic E-state index is 5.71. The molecule has 5 nitrogen and oxygen atoms in total. The van der Waals surface area contributed by atoms with Gasteiger partial charge >= 0.3 is 0 Å². The number of fused-ring (bicyclic) bond motifs is 2. The highest BCUT2D eigenvalue weighted by Gasteiger charge is 2.17. The van der Waals surface area contributed by atoms with Crippen molar-refractivity contribution in [2.75, 3.05) is 6.79 Å². The van der Waals surface area contributed by atoms with E-state index in [1.807, 2.05) is 36.5 Å². The van der Waals surface area contributed by atoms with Gasteiger partial charge in [-0.15, -0.1) is 0 Å². The molecule has 5 heteroatoms. The number of nitrogens with two attached hydrogens (primary N) is 1. The second-order valence-electron chi connectivity index (χ2n) is 5.08. The summed E-state index contributed by atoms with van der Waals surface area (Å²) in [5.74, 6) is 1.55. The zero-order valence-corrected chi connectivity index (χ0v) is 11.7. The number of benzene rings is 1. The van der Waals surface area contributed by atoms with Gasteiger partial charge < -0.3 is 19.6 Å². The number of rotatable bonds is 2. The lowest BCUT2D eigenvalue weighted by Crippen LogP contribution is -1.98. The molecule has 0 saturated heterocycles. The third-order valence-corrected chi connectivity index (χ3v) is 3.80. The van der Waals surface area contributed by atoms with Gasteiger partial charge in [-0.05, 0) is 36.8 Å². The monoisotopic (exact) mass is 281 g/mol. The maximum Gasteiger partial charge on any atom is 0.231 e. The molecule has 0 spiro atoms. The molecule has 3 heterocycles. The van der Waals surface area contributed by atoms with Crippen molar-refractivity contribution in [3.63, 3.8) is 0 Å². The van der Waals surface area contributed by atoms with Crippen LogP contribution in [-0.2, 0) is 6.54 Å². The summed E-state index contributed by atoms with van der Waals surface area (Å²) in [6, 6.07) is 9.90. The summed E-state index contributed by atoms with van der Waals surface area (Å²) in [6.07, 6.45) is 2.04. The van der Waals surface area contributed by atoms with E-state index in [2.05, 4.69) is 11.3 Å². The summed E-state index contributed by atoms with van der Waals surface area (Å²) in [6.45, 7) is 2.86. The molecule has 1 aliphatic heterocycles. The van der Waals surface area contributed by atoms with Crippen molar-refractivity contribution < 1.29 is 9.47 Å². The van der Waals surface area contributed by atoms with Crippen LogP contribution in [0.15, 0.2) is 36.5 Å². The molecule has 2 aromatic heterocycles. The van der Waals surface area contributed by atoms with Crippen LogP contribution in [0, 0.1) is 6.92 Å². The van der Waals surface area contributed by atoms with Crippen LogP contribution in [0.3, 0.4) is 0 Å². The van der Waals surface area contributed by atoms with E-state index in [0.717, 1.165) is 39.7 Å². The Labute approximate surface area is 121 Å². The van der Waals surface area contributed by atoms with E-state index in [9.17, 15) is 0 Å². The van der Waals surface area contributed by atoms with E-state index in [0.29, 0.717) is 6.54 Å². The summed E-state index contributed by atoms with van der Waals surface area (Å²) in [4.78, 5) is 4.71. The van der Waals surface area contributed by atoms with E-state index in [-0.39, 0.29) is 6.79 Å². The van der Waals surface area contributed by atoms with Gasteiger partial charge in [-0.25, -0.2) is 4.98 Å². The highest BCUT2D eigenvalue weighted by Crippen LogP contribution is 2.36. The molecule has 0 radical (unpaired) electrons. The first-order valence-electron chi connectivity index (χ1n) is 6.84. The van der Waals surface area contributed by atoms with E-state index < -0.39 is 0 Å². The quantitative estimate of drug-likeness (QED) is 0.784. The van der Waals surface area contributed by atoms with E-state index in [4.69, 9.17) is 20.2 Å². The molecule has 2 N–H and O–H groups in total. The molecule has 0 saturated carbocycles. The van der Waals surface area contributed by atoms with Crippen molar-refractivity contribution in [2.45, 2.75) is 13.5 Å². The lowest BCUT2D eigenvalue weighted by Gasteiger charge is -2.02. The zero-order chi connectivity index (χ0) is 14.4. The first kappa shape index (κ1) is 12.2. The van der Waals surface area contributed by atoms with Gasteiger partial charge in [0.2, 0.25) is 6.79 Å². The average molecular weight is 281 g/mol. The minimum atomic E-state index is 0.281. The van der Waals surface area contributed by atoms with Gasteiger partial charge in [0.05, 0.1) is 5.69 Å². The summed E-state index contributed by atoms with van der Waals surface area (Å²) < 4.78 is 12.9. The third-order valence-electron chi connectivity index (χ3n) is 3.80. The fourth-order valence-electron chi connectivity index (χ4n) is 2.64. The molecular weight excluding hydrogens is 266 g/mol. The highest BCUT2D eigenvalue weighted by atomic mass is 16.7. The molecular formula is C16H15N3O2. The zero-order valence-electron chi connectivity index (χ0n) is 11.7. The molecule has 1 aromatic carbocycles. The number of pyridine rings is 1. The van der Waals surface area contributed by atoms with Gasteiger partial charge in [0.1, 0.15) is 5.65 Å². The smallest absolute Gasteiger partial charge is 0.231 e. The SMILES string of the molecule is Cc1c(-c2ccc3c(c2)OCO3)nc2ccc(CN)cn12. The van der Waals surface area contributed by atoms with Crippen molar-refractivity contribution >= 4 is 5.65 Å². The number of hydrogen-bond donors (Lipinski definition) is 1. The lowest BCUT2D eigenvalue weighted by molar-refractivity contribution is 0.174. The van der Waals surface area contributed by atoms with Gasteiger partial charge in [0.15, 0.2) is 11.5 Å². The normalized spacial score (nSPS) is 13.0. The van der Waals surface area contributed by atoms with Crippen molar-refractivity contribution in [1.29, 1.82) is 0 Å². The van der Waals surface area contributed by atoms with E-state index >= 15 is 0 Å². The molecule has 1 aliphatic rings. The summed E-state index contributed by atoms with van der Waals surface area (Å²) >= 11 is 0. The van der Waals surface area contributed by atoms with Crippen molar-refractivity contribution in [1.82, 2.24) is 9.38 Å². The number of hydrogen-bond acceptors (Lipinski definition) is 4. The highest BCUT2D eigenvalue weighted by molar-refractivity contribution is 5.69. The topological polar surface area (TPSA) is 61.8 Å². The Bertz CT molecular complexity index is 839. The Morgan fingerprint density at radius 3 is 2.90 bits per heavy atom. The number of aromatic nitrogens is 2. The Balaban J connectivity index is 1.88. The Kier molecular flexibility index (Phi) is 2.62. The van der Waals surface area contributed by atoms with Crippen molar-refractivity contribution in [2.24, 2.45) is 5.73 Å². The second-order valence-corrected chi connectivity index (χ2v) is 5.08. The van der Waals surface area contributed by atoms with Gasteiger partial charge in [-0.3, -0.25) is 0 Å². The molecule has 3 aromatic rings. The number of imidazole rings is 1. The van der Waals surface area contributed by atoms with E-state index in [1.165, 1.54) is 0 Å². The van der Waals surface area contributed by atoms with Crippen LogP contribution in [0.2, 0.25) is 0 Å². The van der Waals surface area contributed by atoms with Gasteiger partial charge in [0.25, 0.3) is 0 Å². The lowest BCUT2D eigenvalue weighted by atomic mass is 10.1. The number of ether oxygens (including phenoxy) is 2. The molecule has 0 bridgehead atoms. The van der Waals surface area contributed by atoms with Gasteiger partial charge in [0, 0.05) is 24.0 Å². The minimum absolute atomic E-state index is 0.281. The molecule has 0 amide bonds. The fraction of sp³-hybridized carbons (Fsp3) is 0.188. The van der Waals surface area contributed by atoms with Crippen molar-refractivity contribution in [3.8, 4) is 22.8 Å². The predicted molar refractivity (Wildman–Crippen MR) is 79.4 cm³/mol. The molecule has 0 aliphatic carbocycles. The summed E-state index contributed by atoms with van der Waals surface area (Å²) in [7, 11) is 0. The van der Waals surface area contributed by atoms with Crippen molar-refractivity contribution in [3.05, 3.63) is 47.8 Å². The number of nitrogens with zero attached hydrogens (tertiary/aromatic N) is 2. The minimum Gasteiger partial charge on any atom is -0.454 e. The standard InChI is InChI=1S/C16H15N3O2/c1-10-16(12-3-4-13-14(6-12)21-9-20-13)18-15-5-2-11(7-17)8-19(10)15/h2-6,8H,7,9,17H2,1H3. The van der Waals surface area contributed by atoms with Crippen LogP contribution in [0.1, 0.15) is 11.3 Å². The molecule has 0 atom stereocenters. The predicted octanol–water partition coefficient (Wildman–Crippen LogP) is 2.50. The molecule has 0 unspecified atom stereocenters. The van der Waals surface area contributed by atoms with Crippen LogP contribution in [0.5, 0.6) is 11.5 Å². The summed E-state index contributed by atoms with van der Waals surface area (Å²) in [5.41, 5.74) is 10.8. The third kappa shape index (κ3) is 1.86. The second kappa shape index (κ2) is 4.49. The number of aryl methyl sites for hydroxylation is 1. The molecule has 0 fully saturated rings. The maximum absolute atomic E-state index is 5.71. The summed E-state index contributed by atoms with van der Waals surface area (Å²) in [5, 5.41) is 0. The average Bonchev–Trinajstić information content (AvgIpc) is 3.11. The molecule has 4 rings (SSSR count). The Hall–Kier alpha value is -2.53. The van der Waals surface area contributed by atoms with Gasteiger partial charge in [-0.2, -0.15) is 0 Å². The first-order chi connectivity index (χ1) is 10.3. The van der Waals surface area contributed by atoms with E-state index in [1.54, 1.807) is 0 Å². The van der Waals surface area contributed by atoms with Gasteiger partial charge in [-0.1, -0.05) is 6.07 Å². The first-order valence-corrected chi connectivity index (χ1v) is 6.84. The fourth-order valence-corrected chi connectivity index (χ4v) is 2.64.